The molecule has 0 unspecified atom stereocenters. The highest BCUT2D eigenvalue weighted by atomic mass is 16.4. The third-order valence-corrected chi connectivity index (χ3v) is 7.67. The van der Waals surface area contributed by atoms with Gasteiger partial charge in [0.05, 0.1) is 10.8 Å². The molecular formula is C32H46O6. The van der Waals surface area contributed by atoms with Gasteiger partial charge in [-0.1, -0.05) is 52.0 Å². The van der Waals surface area contributed by atoms with E-state index >= 15 is 0 Å². The number of rotatable bonds is 13. The van der Waals surface area contributed by atoms with Crippen molar-refractivity contribution in [1.82, 2.24) is 0 Å². The molecule has 6 nitrogen and oxygen atoms in total. The van der Waals surface area contributed by atoms with E-state index in [1.54, 1.807) is 27.7 Å². The molecule has 0 aromatic rings. The van der Waals surface area contributed by atoms with E-state index in [-0.39, 0.29) is 22.4 Å². The fraction of sp³-hybridized carbons (Fsp3) is 0.625. The molecule has 0 spiro atoms. The maximum atomic E-state index is 13.3. The summed E-state index contributed by atoms with van der Waals surface area (Å²) in [6, 6.07) is 0. The quantitative estimate of drug-likeness (QED) is 0.262. The Morgan fingerprint density at radius 3 is 1.13 bits per heavy atom. The van der Waals surface area contributed by atoms with Crippen molar-refractivity contribution in [2.45, 2.75) is 107 Å². The van der Waals surface area contributed by atoms with Crippen LogP contribution in [0, 0.1) is 21.7 Å². The zero-order valence-electron chi connectivity index (χ0n) is 24.5. The lowest BCUT2D eigenvalue weighted by molar-refractivity contribution is -0.148. The Kier molecular flexibility index (Phi) is 9.56. The molecule has 0 saturated heterocycles. The molecule has 2 aliphatic carbocycles. The van der Waals surface area contributed by atoms with E-state index in [1.165, 1.54) is 0 Å². The van der Waals surface area contributed by atoms with Crippen molar-refractivity contribution in [2.24, 2.45) is 21.7 Å². The predicted molar refractivity (Wildman–Crippen MR) is 150 cm³/mol. The van der Waals surface area contributed by atoms with Crippen LogP contribution in [-0.2, 0) is 19.2 Å². The van der Waals surface area contributed by atoms with Crippen molar-refractivity contribution in [3.63, 3.8) is 0 Å². The highest BCUT2D eigenvalue weighted by Crippen LogP contribution is 2.38. The number of carboxylic acids is 2. The van der Waals surface area contributed by atoms with Crippen molar-refractivity contribution in [3.05, 3.63) is 46.6 Å². The minimum absolute atomic E-state index is 0.00718. The largest absolute Gasteiger partial charge is 0.481 e. The minimum atomic E-state index is -0.838. The van der Waals surface area contributed by atoms with Gasteiger partial charge in [-0.15, -0.1) is 0 Å². The SMILES string of the molecule is CC1(C)C=C(CCCC(C)(C)C(=O)O)C(=O)C(CCC2=CC(C)(C)C=C(CCCC(C)(C)C(=O)O)C2=O)=C1. The number of hydrogen-bond acceptors (Lipinski definition) is 4. The van der Waals surface area contributed by atoms with E-state index < -0.39 is 22.8 Å². The molecule has 0 aromatic carbocycles. The molecule has 6 heteroatoms. The molecule has 0 bridgehead atoms. The summed E-state index contributed by atoms with van der Waals surface area (Å²) in [6.07, 6.45) is 12.2. The van der Waals surface area contributed by atoms with Gasteiger partial charge < -0.3 is 10.2 Å². The summed E-state index contributed by atoms with van der Waals surface area (Å²) < 4.78 is 0. The van der Waals surface area contributed by atoms with Gasteiger partial charge in [0.2, 0.25) is 0 Å². The molecule has 2 rings (SSSR count). The second-order valence-electron chi connectivity index (χ2n) is 13.6. The second-order valence-corrected chi connectivity index (χ2v) is 13.6. The van der Waals surface area contributed by atoms with Crippen LogP contribution in [0.1, 0.15) is 107 Å². The molecular weight excluding hydrogens is 480 g/mol. The number of Topliss-reactive ketones (excluding diaryl/α,β-unsaturated/α-hetero) is 2. The normalized spacial score (nSPS) is 19.4. The van der Waals surface area contributed by atoms with Gasteiger partial charge in [0, 0.05) is 10.8 Å². The summed E-state index contributed by atoms with van der Waals surface area (Å²) in [5.74, 6) is -1.69. The molecule has 2 N–H and O–H groups in total. The summed E-state index contributed by atoms with van der Waals surface area (Å²) in [7, 11) is 0. The van der Waals surface area contributed by atoms with Gasteiger partial charge in [0.1, 0.15) is 0 Å². The van der Waals surface area contributed by atoms with E-state index in [0.29, 0.717) is 62.5 Å². The number of carbonyl (C=O) groups excluding carboxylic acids is 2. The molecule has 0 amide bonds. The fourth-order valence-electron chi connectivity index (χ4n) is 5.22. The third kappa shape index (κ3) is 8.37. The van der Waals surface area contributed by atoms with Gasteiger partial charge >= 0.3 is 11.9 Å². The summed E-state index contributed by atoms with van der Waals surface area (Å²) in [5.41, 5.74) is 0.592. The topological polar surface area (TPSA) is 109 Å². The predicted octanol–water partition coefficient (Wildman–Crippen LogP) is 7.25. The van der Waals surface area contributed by atoms with Crippen LogP contribution < -0.4 is 0 Å². The minimum Gasteiger partial charge on any atom is -0.481 e. The number of carboxylic acid groups (broad SMARTS) is 2. The zero-order chi connectivity index (χ0) is 29.1. The number of aliphatic carboxylic acids is 2. The lowest BCUT2D eigenvalue weighted by atomic mass is 9.75. The van der Waals surface area contributed by atoms with E-state index in [1.807, 2.05) is 52.0 Å². The third-order valence-electron chi connectivity index (χ3n) is 7.67. The van der Waals surface area contributed by atoms with Gasteiger partial charge in [-0.25, -0.2) is 0 Å². The first-order valence-corrected chi connectivity index (χ1v) is 13.7. The van der Waals surface area contributed by atoms with Gasteiger partial charge in [0.15, 0.2) is 11.6 Å². The molecule has 0 atom stereocenters. The van der Waals surface area contributed by atoms with Crippen LogP contribution in [0.15, 0.2) is 46.6 Å². The van der Waals surface area contributed by atoms with Crippen LogP contribution in [0.5, 0.6) is 0 Å². The van der Waals surface area contributed by atoms with Crippen molar-refractivity contribution in [1.29, 1.82) is 0 Å². The molecule has 0 radical (unpaired) electrons. The van der Waals surface area contributed by atoms with Crippen LogP contribution in [0.2, 0.25) is 0 Å². The summed E-state index contributed by atoms with van der Waals surface area (Å²) >= 11 is 0. The lowest BCUT2D eigenvalue weighted by Crippen LogP contribution is -2.24. The Bertz CT molecular complexity index is 1020. The molecule has 0 saturated carbocycles. The molecule has 38 heavy (non-hydrogen) atoms. The first-order chi connectivity index (χ1) is 17.3. The van der Waals surface area contributed by atoms with Gasteiger partial charge in [-0.3, -0.25) is 19.2 Å². The van der Waals surface area contributed by atoms with Crippen LogP contribution in [0.4, 0.5) is 0 Å². The Morgan fingerprint density at radius 2 is 0.868 bits per heavy atom. The average Bonchev–Trinajstić information content (AvgIpc) is 2.76. The van der Waals surface area contributed by atoms with Crippen molar-refractivity contribution < 1.29 is 29.4 Å². The maximum Gasteiger partial charge on any atom is 0.309 e. The highest BCUT2D eigenvalue weighted by Gasteiger charge is 2.32. The smallest absolute Gasteiger partial charge is 0.309 e. The monoisotopic (exact) mass is 526 g/mol. The van der Waals surface area contributed by atoms with E-state index in [0.717, 1.165) is 11.1 Å². The molecule has 0 aromatic heterocycles. The first-order valence-electron chi connectivity index (χ1n) is 13.7. The van der Waals surface area contributed by atoms with Crippen LogP contribution in [-0.4, -0.2) is 33.7 Å². The van der Waals surface area contributed by atoms with Crippen LogP contribution in [0.3, 0.4) is 0 Å². The number of allylic oxidation sites excluding steroid dienone is 8. The maximum absolute atomic E-state index is 13.3. The van der Waals surface area contributed by atoms with Gasteiger partial charge in [0.25, 0.3) is 0 Å². The Hall–Kier alpha value is -2.76. The molecule has 0 fully saturated rings. The Morgan fingerprint density at radius 1 is 0.605 bits per heavy atom. The second kappa shape index (κ2) is 11.5. The van der Waals surface area contributed by atoms with Crippen molar-refractivity contribution in [3.8, 4) is 0 Å². The van der Waals surface area contributed by atoms with Crippen molar-refractivity contribution in [2.75, 3.05) is 0 Å². The van der Waals surface area contributed by atoms with E-state index in [4.69, 9.17) is 0 Å². The Balaban J connectivity index is 2.07. The molecule has 2 aliphatic rings. The standard InChI is InChI=1S/C32H46O6/c1-29(2)17-21(11-9-15-31(5,6)27(35)36)25(33)23(19-29)13-14-24-20-30(3,4)18-22(26(24)34)12-10-16-32(7,8)28(37)38/h17-20H,9-16H2,1-8H3,(H,35,36)(H,37,38). The number of hydrogen-bond donors (Lipinski definition) is 2. The summed E-state index contributed by atoms with van der Waals surface area (Å²) in [5, 5.41) is 18.8. The number of carbonyl (C=O) groups is 4. The summed E-state index contributed by atoms with van der Waals surface area (Å²) in [4.78, 5) is 49.5. The lowest BCUT2D eigenvalue weighted by Gasteiger charge is -2.28. The van der Waals surface area contributed by atoms with Gasteiger partial charge in [-0.2, -0.15) is 0 Å². The van der Waals surface area contributed by atoms with Crippen molar-refractivity contribution >= 4 is 23.5 Å². The Labute approximate surface area is 228 Å². The zero-order valence-corrected chi connectivity index (χ0v) is 24.5. The highest BCUT2D eigenvalue weighted by molar-refractivity contribution is 6.11. The summed E-state index contributed by atoms with van der Waals surface area (Å²) in [6.45, 7) is 15.0. The number of ketones is 2. The molecule has 0 heterocycles. The fourth-order valence-corrected chi connectivity index (χ4v) is 5.22. The van der Waals surface area contributed by atoms with E-state index in [2.05, 4.69) is 0 Å². The average molecular weight is 527 g/mol. The van der Waals surface area contributed by atoms with E-state index in [9.17, 15) is 29.4 Å². The molecule has 0 aliphatic heterocycles. The van der Waals surface area contributed by atoms with Crippen LogP contribution >= 0.6 is 0 Å². The van der Waals surface area contributed by atoms with Gasteiger partial charge in [-0.05, 0) is 101 Å². The first kappa shape index (κ1) is 31.5. The van der Waals surface area contributed by atoms with Crippen LogP contribution in [0.25, 0.3) is 0 Å². The molecule has 210 valence electrons.